The Morgan fingerprint density at radius 2 is 2.00 bits per heavy atom. The normalized spacial score (nSPS) is 14.8. The molecule has 1 aromatic heterocycles. The Morgan fingerprint density at radius 3 is 2.70 bits per heavy atom. The predicted molar refractivity (Wildman–Crippen MR) is 95.5 cm³/mol. The molecule has 0 bridgehead atoms. The second-order valence-electron chi connectivity index (χ2n) is 5.28. The maximum Gasteiger partial charge on any atom is 0.261 e. The summed E-state index contributed by atoms with van der Waals surface area (Å²) >= 11 is 1.40. The van der Waals surface area contributed by atoms with Crippen LogP contribution in [0, 0.1) is 0 Å². The monoisotopic (exact) mass is 360 g/mol. The molecule has 1 aliphatic heterocycles. The van der Waals surface area contributed by atoms with E-state index in [-0.39, 0.29) is 24.2 Å². The highest BCUT2D eigenvalue weighted by Crippen LogP contribution is 2.07. The van der Waals surface area contributed by atoms with Crippen LogP contribution in [0.1, 0.15) is 22.5 Å². The summed E-state index contributed by atoms with van der Waals surface area (Å²) in [6.45, 7) is 6.37. The quantitative estimate of drug-likeness (QED) is 0.597. The average molecular weight is 361 g/mol. The highest BCUT2D eigenvalue weighted by Gasteiger charge is 2.09. The molecule has 0 aliphatic carbocycles. The molecule has 1 saturated heterocycles. The fourth-order valence-corrected chi connectivity index (χ4v) is 2.98. The van der Waals surface area contributed by atoms with Gasteiger partial charge in [0.1, 0.15) is 0 Å². The number of nitrogens with zero attached hydrogens (tertiary/aromatic N) is 1. The average Bonchev–Trinajstić information content (AvgIpc) is 3.07. The molecule has 1 aliphatic rings. The van der Waals surface area contributed by atoms with E-state index in [2.05, 4.69) is 20.9 Å². The van der Waals surface area contributed by atoms with Gasteiger partial charge in [0.25, 0.3) is 5.91 Å². The number of amides is 2. The van der Waals surface area contributed by atoms with Gasteiger partial charge < -0.3 is 20.9 Å². The van der Waals surface area contributed by atoms with Crippen molar-refractivity contribution in [1.82, 2.24) is 20.9 Å². The van der Waals surface area contributed by atoms with E-state index in [9.17, 15) is 9.59 Å². The Labute approximate surface area is 147 Å². The van der Waals surface area contributed by atoms with Crippen molar-refractivity contribution in [3.05, 3.63) is 22.4 Å². The summed E-state index contributed by atoms with van der Waals surface area (Å²) in [4.78, 5) is 26.4. The summed E-state index contributed by atoms with van der Waals surface area (Å²) < 4.78 is 0. The number of carbonyl (C=O) groups is 2. The SMILES string of the molecule is Cl.O=C(CCNC(=O)c1cccs1)NCCCN1CCNCC1. The number of halogens is 1. The van der Waals surface area contributed by atoms with E-state index >= 15 is 0 Å². The third-order valence-corrected chi connectivity index (χ3v) is 4.43. The number of hydrogen-bond donors (Lipinski definition) is 3. The highest BCUT2D eigenvalue weighted by atomic mass is 35.5. The lowest BCUT2D eigenvalue weighted by Gasteiger charge is -2.27. The van der Waals surface area contributed by atoms with Crippen LogP contribution < -0.4 is 16.0 Å². The van der Waals surface area contributed by atoms with Crippen molar-refractivity contribution >= 4 is 35.6 Å². The van der Waals surface area contributed by atoms with Gasteiger partial charge in [-0.2, -0.15) is 0 Å². The second-order valence-corrected chi connectivity index (χ2v) is 6.23. The second kappa shape index (κ2) is 11.4. The van der Waals surface area contributed by atoms with E-state index in [4.69, 9.17) is 0 Å². The van der Waals surface area contributed by atoms with Gasteiger partial charge in [-0.05, 0) is 24.4 Å². The topological polar surface area (TPSA) is 73.5 Å². The van der Waals surface area contributed by atoms with E-state index < -0.39 is 0 Å². The van der Waals surface area contributed by atoms with Gasteiger partial charge in [-0.25, -0.2) is 0 Å². The molecule has 0 spiro atoms. The maximum absolute atomic E-state index is 11.7. The van der Waals surface area contributed by atoms with Gasteiger partial charge in [0.05, 0.1) is 4.88 Å². The molecule has 2 rings (SSSR count). The molecule has 0 atom stereocenters. The van der Waals surface area contributed by atoms with Gasteiger partial charge >= 0.3 is 0 Å². The molecule has 2 amide bonds. The minimum atomic E-state index is -0.110. The van der Waals surface area contributed by atoms with E-state index in [1.807, 2.05) is 11.4 Å². The summed E-state index contributed by atoms with van der Waals surface area (Å²) in [5.74, 6) is -0.117. The molecule has 2 heterocycles. The standard InChI is InChI=1S/C15H24N4O2S.ClH/c20-14(4-6-18-15(21)13-3-1-12-22-13)17-5-2-9-19-10-7-16-8-11-19;/h1,3,12,16H,2,4-11H2,(H,17,20)(H,18,21);1H. The first-order valence-electron chi connectivity index (χ1n) is 7.77. The molecule has 0 unspecified atom stereocenters. The van der Waals surface area contributed by atoms with E-state index in [0.29, 0.717) is 24.4 Å². The smallest absolute Gasteiger partial charge is 0.261 e. The fourth-order valence-electron chi connectivity index (χ4n) is 2.34. The van der Waals surface area contributed by atoms with E-state index in [0.717, 1.165) is 39.1 Å². The van der Waals surface area contributed by atoms with Crippen LogP contribution in [-0.2, 0) is 4.79 Å². The van der Waals surface area contributed by atoms with Crippen molar-refractivity contribution in [3.8, 4) is 0 Å². The summed E-state index contributed by atoms with van der Waals surface area (Å²) in [6.07, 6.45) is 1.29. The van der Waals surface area contributed by atoms with Gasteiger partial charge in [-0.3, -0.25) is 9.59 Å². The van der Waals surface area contributed by atoms with Gasteiger partial charge in [0, 0.05) is 45.7 Å². The van der Waals surface area contributed by atoms with Crippen LogP contribution in [0.5, 0.6) is 0 Å². The van der Waals surface area contributed by atoms with Gasteiger partial charge in [-0.15, -0.1) is 23.7 Å². The zero-order valence-electron chi connectivity index (χ0n) is 13.2. The number of thiophene rings is 1. The number of nitrogens with one attached hydrogen (secondary N) is 3. The summed E-state index contributed by atoms with van der Waals surface area (Å²) in [6, 6.07) is 3.61. The van der Waals surface area contributed by atoms with Crippen LogP contribution in [0.2, 0.25) is 0 Å². The first-order valence-corrected chi connectivity index (χ1v) is 8.65. The lowest BCUT2D eigenvalue weighted by atomic mass is 10.3. The van der Waals surface area contributed by atoms with Crippen LogP contribution in [0.25, 0.3) is 0 Å². The molecule has 6 nitrogen and oxygen atoms in total. The van der Waals surface area contributed by atoms with E-state index in [1.165, 1.54) is 11.3 Å². The number of piperazine rings is 1. The van der Waals surface area contributed by atoms with Crippen LogP contribution in [-0.4, -0.2) is 62.5 Å². The van der Waals surface area contributed by atoms with Crippen molar-refractivity contribution in [2.24, 2.45) is 0 Å². The molecule has 1 aromatic rings. The maximum atomic E-state index is 11.7. The zero-order chi connectivity index (χ0) is 15.6. The molecule has 1 fully saturated rings. The zero-order valence-corrected chi connectivity index (χ0v) is 14.8. The largest absolute Gasteiger partial charge is 0.356 e. The van der Waals surface area contributed by atoms with Crippen molar-refractivity contribution in [3.63, 3.8) is 0 Å². The third-order valence-electron chi connectivity index (χ3n) is 3.57. The molecule has 0 aromatic carbocycles. The minimum Gasteiger partial charge on any atom is -0.356 e. The van der Waals surface area contributed by atoms with Crippen LogP contribution in [0.15, 0.2) is 17.5 Å². The summed E-state index contributed by atoms with van der Waals surface area (Å²) in [7, 11) is 0. The number of carbonyl (C=O) groups excluding carboxylic acids is 2. The van der Waals surface area contributed by atoms with Crippen LogP contribution in [0.3, 0.4) is 0 Å². The lowest BCUT2D eigenvalue weighted by Crippen LogP contribution is -2.44. The molecule has 8 heteroatoms. The molecule has 0 saturated carbocycles. The Kier molecular flexibility index (Phi) is 9.86. The Hall–Kier alpha value is -1.15. The van der Waals surface area contributed by atoms with Crippen molar-refractivity contribution < 1.29 is 9.59 Å². The van der Waals surface area contributed by atoms with Gasteiger partial charge in [-0.1, -0.05) is 6.07 Å². The van der Waals surface area contributed by atoms with E-state index in [1.54, 1.807) is 6.07 Å². The third kappa shape index (κ3) is 7.78. The fraction of sp³-hybridized carbons (Fsp3) is 0.600. The van der Waals surface area contributed by atoms with Crippen LogP contribution >= 0.6 is 23.7 Å². The molecule has 130 valence electrons. The molecule has 23 heavy (non-hydrogen) atoms. The Balaban J connectivity index is 0.00000264. The Morgan fingerprint density at radius 1 is 1.22 bits per heavy atom. The van der Waals surface area contributed by atoms with Crippen LogP contribution in [0.4, 0.5) is 0 Å². The molecule has 0 radical (unpaired) electrons. The Bertz CT molecular complexity index is 464. The van der Waals surface area contributed by atoms with Gasteiger partial charge in [0.2, 0.25) is 5.91 Å². The van der Waals surface area contributed by atoms with Crippen molar-refractivity contribution in [2.75, 3.05) is 45.8 Å². The molecular weight excluding hydrogens is 336 g/mol. The van der Waals surface area contributed by atoms with Crippen molar-refractivity contribution in [2.45, 2.75) is 12.8 Å². The predicted octanol–water partition coefficient (Wildman–Crippen LogP) is 0.701. The van der Waals surface area contributed by atoms with Gasteiger partial charge in [0.15, 0.2) is 0 Å². The summed E-state index contributed by atoms with van der Waals surface area (Å²) in [5.41, 5.74) is 0. The first-order chi connectivity index (χ1) is 10.8. The number of hydrogen-bond acceptors (Lipinski definition) is 5. The molecule has 3 N–H and O–H groups in total. The lowest BCUT2D eigenvalue weighted by molar-refractivity contribution is -0.120. The summed E-state index contributed by atoms with van der Waals surface area (Å²) in [5, 5.41) is 10.8. The van der Waals surface area contributed by atoms with Crippen molar-refractivity contribution in [1.29, 1.82) is 0 Å². The molecular formula is C15H25ClN4O2S. The highest BCUT2D eigenvalue weighted by molar-refractivity contribution is 7.12. The minimum absolute atomic E-state index is 0. The first kappa shape index (κ1) is 19.9. The number of rotatable bonds is 8.